The number of rotatable bonds is 4. The molecule has 1 atom stereocenters. The fraction of sp³-hybridized carbons (Fsp3) is 0.0769. The Hall–Kier alpha value is -1.74. The first-order chi connectivity index (χ1) is 10.6. The van der Waals surface area contributed by atoms with E-state index in [4.69, 9.17) is 0 Å². The summed E-state index contributed by atoms with van der Waals surface area (Å²) < 4.78 is 84.7. The Morgan fingerprint density at radius 2 is 1.48 bits per heavy atom. The van der Waals surface area contributed by atoms with Crippen molar-refractivity contribution in [1.29, 1.82) is 0 Å². The van der Waals surface area contributed by atoms with Crippen LogP contribution in [-0.4, -0.2) is 32.3 Å². The van der Waals surface area contributed by atoms with Crippen molar-refractivity contribution >= 4 is 28.7 Å². The van der Waals surface area contributed by atoms with Crippen LogP contribution in [-0.2, 0) is 14.0 Å². The minimum atomic E-state index is -5.84. The van der Waals surface area contributed by atoms with E-state index >= 15 is 0 Å². The van der Waals surface area contributed by atoms with E-state index < -0.39 is 35.5 Å². The Kier molecular flexibility index (Phi) is 4.90. The van der Waals surface area contributed by atoms with E-state index in [1.54, 1.807) is 0 Å². The van der Waals surface area contributed by atoms with Gasteiger partial charge in [0.15, 0.2) is 0 Å². The maximum atomic E-state index is 12.5. The molecule has 0 amide bonds. The van der Waals surface area contributed by atoms with E-state index in [2.05, 4.69) is 4.18 Å². The second-order valence-corrected chi connectivity index (χ2v) is 7.73. The molecule has 0 heterocycles. The van der Waals surface area contributed by atoms with Crippen molar-refractivity contribution in [2.75, 3.05) is 0 Å². The van der Waals surface area contributed by atoms with Crippen LogP contribution in [0.3, 0.4) is 0 Å². The molecule has 2 rings (SSSR count). The summed E-state index contributed by atoms with van der Waals surface area (Å²) in [6.45, 7) is 0. The summed E-state index contributed by atoms with van der Waals surface area (Å²) in [6, 6.07) is 10.8. The van der Waals surface area contributed by atoms with Gasteiger partial charge in [-0.05, 0) is 0 Å². The maximum absolute atomic E-state index is 12.5. The third-order valence-corrected chi connectivity index (χ3v) is 5.24. The van der Waals surface area contributed by atoms with Gasteiger partial charge >= 0.3 is 133 Å². The zero-order chi connectivity index (χ0) is 17.3. The first kappa shape index (κ1) is 17.6. The van der Waals surface area contributed by atoms with Gasteiger partial charge in [-0.3, -0.25) is 0 Å². The summed E-state index contributed by atoms with van der Waals surface area (Å²) in [7, 11) is -5.84. The van der Waals surface area contributed by atoms with E-state index in [0.717, 1.165) is 6.07 Å². The molecule has 0 aromatic heterocycles. The van der Waals surface area contributed by atoms with Gasteiger partial charge in [-0.1, -0.05) is 0 Å². The number of hydrogen-bond acceptors (Lipinski definition) is 4. The van der Waals surface area contributed by atoms with Crippen molar-refractivity contribution in [1.82, 2.24) is 0 Å². The van der Waals surface area contributed by atoms with Gasteiger partial charge in [0.1, 0.15) is 0 Å². The van der Waals surface area contributed by atoms with Crippen LogP contribution in [0.2, 0.25) is 0 Å². The van der Waals surface area contributed by atoms with E-state index in [-0.39, 0.29) is 15.6 Å². The third kappa shape index (κ3) is 3.78. The molecule has 2 aromatic carbocycles. The predicted molar refractivity (Wildman–Crippen MR) is 75.8 cm³/mol. The fourth-order valence-corrected chi connectivity index (χ4v) is 3.42. The van der Waals surface area contributed by atoms with Crippen molar-refractivity contribution in [2.24, 2.45) is 0 Å². The van der Waals surface area contributed by atoms with Crippen LogP contribution in [0.4, 0.5) is 13.2 Å². The van der Waals surface area contributed by atoms with Crippen molar-refractivity contribution in [2.45, 2.75) is 5.51 Å². The monoisotopic (exact) mass is 414 g/mol. The molecule has 0 aliphatic rings. The Morgan fingerprint density at radius 1 is 0.957 bits per heavy atom. The summed E-state index contributed by atoms with van der Waals surface area (Å²) >= 11 is -3.38. The van der Waals surface area contributed by atoms with Crippen molar-refractivity contribution < 1.29 is 33.8 Å². The van der Waals surface area contributed by atoms with Gasteiger partial charge in [0.2, 0.25) is 0 Å². The zero-order valence-electron chi connectivity index (χ0n) is 11.1. The van der Waals surface area contributed by atoms with Crippen LogP contribution in [0.1, 0.15) is 0 Å². The quantitative estimate of drug-likeness (QED) is 0.469. The molecule has 2 aromatic rings. The Labute approximate surface area is 133 Å². The van der Waals surface area contributed by atoms with Gasteiger partial charge in [-0.25, -0.2) is 0 Å². The average molecular weight is 413 g/mol. The van der Waals surface area contributed by atoms with E-state index in [0.29, 0.717) is 0 Å². The van der Waals surface area contributed by atoms with Crippen LogP contribution in [0.5, 0.6) is 5.75 Å². The molecule has 23 heavy (non-hydrogen) atoms. The summed E-state index contributed by atoms with van der Waals surface area (Å²) in [5, 5.41) is 0. The Bertz CT molecular complexity index is 849. The Morgan fingerprint density at radius 3 is 2.04 bits per heavy atom. The van der Waals surface area contributed by atoms with Gasteiger partial charge in [-0.15, -0.1) is 0 Å². The molecule has 0 aliphatic heterocycles. The normalized spacial score (nSPS) is 13.6. The second kappa shape index (κ2) is 6.40. The molecular weight excluding hydrogens is 404 g/mol. The standard InChI is InChI=1S/C13H9F3O5SSe/c14-13(15,16)22(17,18)21-11-7-3-1-5-9(11)10-6-2-4-8-12(10)23(19)20/h1-8H,(H,19,20). The van der Waals surface area contributed by atoms with Crippen LogP contribution < -0.4 is 8.64 Å². The van der Waals surface area contributed by atoms with E-state index in [1.165, 1.54) is 42.5 Å². The van der Waals surface area contributed by atoms with Gasteiger partial charge in [0.25, 0.3) is 0 Å². The van der Waals surface area contributed by atoms with Gasteiger partial charge in [0.05, 0.1) is 0 Å². The fourth-order valence-electron chi connectivity index (χ4n) is 1.77. The zero-order valence-corrected chi connectivity index (χ0v) is 13.7. The van der Waals surface area contributed by atoms with Crippen LogP contribution in [0.25, 0.3) is 11.1 Å². The average Bonchev–Trinajstić information content (AvgIpc) is 2.46. The summed E-state index contributed by atoms with van der Waals surface area (Å²) in [6.07, 6.45) is 0. The number of para-hydroxylation sites is 1. The van der Waals surface area contributed by atoms with E-state index in [1.807, 2.05) is 0 Å². The number of hydrogen-bond donors (Lipinski definition) is 1. The summed E-state index contributed by atoms with van der Waals surface area (Å²) in [5.41, 5.74) is -5.48. The first-order valence-corrected chi connectivity index (χ1v) is 9.66. The van der Waals surface area contributed by atoms with E-state index in [9.17, 15) is 29.6 Å². The molecule has 0 saturated heterocycles. The molecule has 1 N–H and O–H groups in total. The molecule has 1 unspecified atom stereocenters. The number of halogens is 3. The molecule has 0 radical (unpaired) electrons. The van der Waals surface area contributed by atoms with Gasteiger partial charge < -0.3 is 0 Å². The van der Waals surface area contributed by atoms with Gasteiger partial charge in [-0.2, -0.15) is 0 Å². The molecule has 5 nitrogen and oxygen atoms in total. The molecule has 10 heteroatoms. The number of benzene rings is 2. The Balaban J connectivity index is 2.59. The first-order valence-electron chi connectivity index (χ1n) is 5.93. The molecule has 0 spiro atoms. The van der Waals surface area contributed by atoms with Crippen molar-refractivity contribution in [3.05, 3.63) is 48.5 Å². The SMILES string of the molecule is O=[Se](O)c1ccccc1-c1ccccc1OS(=O)(=O)C(F)(F)F. The van der Waals surface area contributed by atoms with Crippen molar-refractivity contribution in [3.8, 4) is 16.9 Å². The minimum absolute atomic E-state index is 0.00737. The molecule has 0 aliphatic carbocycles. The van der Waals surface area contributed by atoms with Crippen molar-refractivity contribution in [3.63, 3.8) is 0 Å². The molecule has 124 valence electrons. The van der Waals surface area contributed by atoms with Crippen LogP contribution in [0.15, 0.2) is 48.5 Å². The summed E-state index contributed by atoms with van der Waals surface area (Å²) in [4.78, 5) is 0. The van der Waals surface area contributed by atoms with Crippen LogP contribution >= 0.6 is 0 Å². The number of alkyl halides is 3. The van der Waals surface area contributed by atoms with Gasteiger partial charge in [0, 0.05) is 0 Å². The molecule has 0 bridgehead atoms. The third-order valence-electron chi connectivity index (χ3n) is 2.74. The summed E-state index contributed by atoms with van der Waals surface area (Å²) in [5.74, 6) is -0.579. The molecule has 0 saturated carbocycles. The second-order valence-electron chi connectivity index (χ2n) is 4.22. The molecule has 0 fully saturated rings. The van der Waals surface area contributed by atoms with Crippen LogP contribution in [0, 0.1) is 0 Å². The predicted octanol–water partition coefficient (Wildman–Crippen LogP) is 1.70. The topological polar surface area (TPSA) is 80.7 Å². The molecular formula is C13H9F3O5SSe.